The molecule has 1 aromatic heterocycles. The summed E-state index contributed by atoms with van der Waals surface area (Å²) in [6, 6.07) is 0. The van der Waals surface area contributed by atoms with Gasteiger partial charge in [-0.25, -0.2) is 9.48 Å². The number of alkyl halides is 3. The van der Waals surface area contributed by atoms with Gasteiger partial charge in [-0.1, -0.05) is 11.6 Å². The lowest BCUT2D eigenvalue weighted by atomic mass is 9.85. The summed E-state index contributed by atoms with van der Waals surface area (Å²) in [5, 5.41) is 15.0. The van der Waals surface area contributed by atoms with Crippen LogP contribution in [0.4, 0.5) is 13.2 Å². The van der Waals surface area contributed by atoms with Crippen molar-refractivity contribution in [3.05, 3.63) is 11.4 Å². The van der Waals surface area contributed by atoms with E-state index in [0.717, 1.165) is 23.9 Å². The van der Waals surface area contributed by atoms with Crippen LogP contribution >= 0.6 is 0 Å². The first-order valence-corrected chi connectivity index (χ1v) is 5.13. The van der Waals surface area contributed by atoms with Crippen LogP contribution in [0.5, 0.6) is 0 Å². The molecular formula is C9H10F3N3O2. The fourth-order valence-corrected chi connectivity index (χ4v) is 1.76. The van der Waals surface area contributed by atoms with Crippen LogP contribution in [0.25, 0.3) is 0 Å². The second-order valence-corrected chi connectivity index (χ2v) is 4.07. The van der Waals surface area contributed by atoms with Crippen molar-refractivity contribution in [3.63, 3.8) is 0 Å². The number of hydrogen-bond acceptors (Lipinski definition) is 3. The van der Waals surface area contributed by atoms with Crippen molar-refractivity contribution in [1.29, 1.82) is 0 Å². The number of hydrogen-bond donors (Lipinski definition) is 1. The molecule has 1 heterocycles. The molecule has 0 aromatic carbocycles. The topological polar surface area (TPSA) is 68.0 Å². The number of aromatic carboxylic acids is 1. The summed E-state index contributed by atoms with van der Waals surface area (Å²) in [5.41, 5.74) is -2.30. The van der Waals surface area contributed by atoms with E-state index in [-0.39, 0.29) is 12.5 Å². The average Bonchev–Trinajstić information content (AvgIpc) is 2.53. The summed E-state index contributed by atoms with van der Waals surface area (Å²) in [5.74, 6) is -1.45. The number of aromatic nitrogens is 3. The summed E-state index contributed by atoms with van der Waals surface area (Å²) in [6.45, 7) is 0.185. The van der Waals surface area contributed by atoms with Crippen molar-refractivity contribution in [2.75, 3.05) is 0 Å². The maximum atomic E-state index is 12.5. The molecule has 94 valence electrons. The highest BCUT2D eigenvalue weighted by Crippen LogP contribution is 2.32. The zero-order valence-corrected chi connectivity index (χ0v) is 8.74. The largest absolute Gasteiger partial charge is 0.476 e. The minimum Gasteiger partial charge on any atom is -0.476 e. The Morgan fingerprint density at radius 1 is 1.47 bits per heavy atom. The molecular weight excluding hydrogens is 239 g/mol. The minimum absolute atomic E-state index is 0.185. The van der Waals surface area contributed by atoms with E-state index >= 15 is 0 Å². The number of carbonyl (C=O) groups is 1. The second-order valence-electron chi connectivity index (χ2n) is 4.07. The minimum atomic E-state index is -4.79. The van der Waals surface area contributed by atoms with Crippen LogP contribution in [-0.4, -0.2) is 26.1 Å². The fraction of sp³-hybridized carbons (Fsp3) is 0.667. The van der Waals surface area contributed by atoms with Crippen molar-refractivity contribution >= 4 is 5.97 Å². The van der Waals surface area contributed by atoms with Crippen molar-refractivity contribution in [2.24, 2.45) is 5.92 Å². The summed E-state index contributed by atoms with van der Waals surface area (Å²) < 4.78 is 38.3. The van der Waals surface area contributed by atoms with Crippen molar-refractivity contribution in [3.8, 4) is 0 Å². The Kier molecular flexibility index (Phi) is 2.80. The Balaban J connectivity index is 2.32. The summed E-state index contributed by atoms with van der Waals surface area (Å²) in [4.78, 5) is 10.8. The number of nitrogens with zero attached hydrogens (tertiary/aromatic N) is 3. The molecule has 1 aliphatic carbocycles. The lowest BCUT2D eigenvalue weighted by molar-refractivity contribution is -0.141. The fourth-order valence-electron chi connectivity index (χ4n) is 1.76. The van der Waals surface area contributed by atoms with E-state index < -0.39 is 23.5 Å². The lowest BCUT2D eigenvalue weighted by Crippen LogP contribution is -2.23. The monoisotopic (exact) mass is 249 g/mol. The molecule has 0 atom stereocenters. The predicted molar refractivity (Wildman–Crippen MR) is 49.3 cm³/mol. The first kappa shape index (κ1) is 11.9. The maximum absolute atomic E-state index is 12.5. The van der Waals surface area contributed by atoms with E-state index in [1.165, 1.54) is 0 Å². The standard InChI is InChI=1S/C9H10F3N3O2/c10-9(11,12)7-6(8(16)17)15(14-13-7)4-5-2-1-3-5/h5H,1-4H2,(H,16,17). The zero-order chi connectivity index (χ0) is 12.6. The third-order valence-electron chi connectivity index (χ3n) is 2.86. The predicted octanol–water partition coefficient (Wildman–Crippen LogP) is 1.80. The molecule has 1 N–H and O–H groups in total. The molecule has 5 nitrogen and oxygen atoms in total. The number of rotatable bonds is 3. The van der Waals surface area contributed by atoms with E-state index in [2.05, 4.69) is 10.3 Å². The third kappa shape index (κ3) is 2.25. The van der Waals surface area contributed by atoms with E-state index in [0.29, 0.717) is 0 Å². The molecule has 0 unspecified atom stereocenters. The SMILES string of the molecule is O=C(O)c1c(C(F)(F)F)nnn1CC1CCC1. The summed E-state index contributed by atoms with van der Waals surface area (Å²) >= 11 is 0. The number of halogens is 3. The van der Waals surface area contributed by atoms with Gasteiger partial charge in [-0.2, -0.15) is 13.2 Å². The Morgan fingerprint density at radius 3 is 2.53 bits per heavy atom. The summed E-state index contributed by atoms with van der Waals surface area (Å²) in [7, 11) is 0. The molecule has 0 amide bonds. The third-order valence-corrected chi connectivity index (χ3v) is 2.86. The van der Waals surface area contributed by atoms with Gasteiger partial charge < -0.3 is 5.11 Å². The quantitative estimate of drug-likeness (QED) is 0.886. The van der Waals surface area contributed by atoms with Gasteiger partial charge >= 0.3 is 12.1 Å². The van der Waals surface area contributed by atoms with E-state index in [9.17, 15) is 18.0 Å². The Hall–Kier alpha value is -1.60. The number of carboxylic acid groups (broad SMARTS) is 1. The van der Waals surface area contributed by atoms with Crippen molar-refractivity contribution < 1.29 is 23.1 Å². The molecule has 17 heavy (non-hydrogen) atoms. The smallest absolute Gasteiger partial charge is 0.437 e. The van der Waals surface area contributed by atoms with Crippen LogP contribution in [0.3, 0.4) is 0 Å². The molecule has 0 radical (unpaired) electrons. The first-order chi connectivity index (χ1) is 7.89. The Morgan fingerprint density at radius 2 is 2.12 bits per heavy atom. The van der Waals surface area contributed by atoms with Crippen molar-refractivity contribution in [1.82, 2.24) is 15.0 Å². The lowest BCUT2D eigenvalue weighted by Gasteiger charge is -2.25. The highest BCUT2D eigenvalue weighted by Gasteiger charge is 2.41. The summed E-state index contributed by atoms with van der Waals surface area (Å²) in [6.07, 6.45) is -1.99. The molecule has 0 spiro atoms. The molecule has 0 aliphatic heterocycles. The first-order valence-electron chi connectivity index (χ1n) is 5.13. The van der Waals surface area contributed by atoms with Gasteiger partial charge in [0.25, 0.3) is 0 Å². The van der Waals surface area contributed by atoms with Crippen LogP contribution in [-0.2, 0) is 12.7 Å². The van der Waals surface area contributed by atoms with Crippen LogP contribution < -0.4 is 0 Å². The maximum Gasteiger partial charge on any atom is 0.437 e. The molecule has 1 saturated carbocycles. The van der Waals surface area contributed by atoms with E-state index in [4.69, 9.17) is 5.11 Å². The zero-order valence-electron chi connectivity index (χ0n) is 8.74. The van der Waals surface area contributed by atoms with Gasteiger partial charge in [-0.15, -0.1) is 5.10 Å². The van der Waals surface area contributed by atoms with Crippen LogP contribution in [0.1, 0.15) is 35.4 Å². The molecule has 8 heteroatoms. The van der Waals surface area contributed by atoms with Gasteiger partial charge in [0.05, 0.1) is 0 Å². The molecule has 1 fully saturated rings. The molecule has 1 aromatic rings. The highest BCUT2D eigenvalue weighted by atomic mass is 19.4. The number of carboxylic acids is 1. The molecule has 0 bridgehead atoms. The van der Waals surface area contributed by atoms with Crippen LogP contribution in [0, 0.1) is 5.92 Å². The molecule has 2 rings (SSSR count). The Labute approximate surface area is 94.2 Å². The van der Waals surface area contributed by atoms with Gasteiger partial charge in [-0.05, 0) is 18.8 Å². The van der Waals surface area contributed by atoms with Gasteiger partial charge in [0.1, 0.15) is 0 Å². The van der Waals surface area contributed by atoms with Crippen molar-refractivity contribution in [2.45, 2.75) is 32.0 Å². The normalized spacial score (nSPS) is 16.9. The van der Waals surface area contributed by atoms with Crippen LogP contribution in [0.15, 0.2) is 0 Å². The van der Waals surface area contributed by atoms with E-state index in [1.54, 1.807) is 0 Å². The Bertz CT molecular complexity index is 437. The molecule has 1 aliphatic rings. The molecule has 0 saturated heterocycles. The van der Waals surface area contributed by atoms with Gasteiger partial charge in [-0.3, -0.25) is 0 Å². The highest BCUT2D eigenvalue weighted by molar-refractivity contribution is 5.87. The van der Waals surface area contributed by atoms with Gasteiger partial charge in [0, 0.05) is 6.54 Å². The van der Waals surface area contributed by atoms with Gasteiger partial charge in [0.15, 0.2) is 5.69 Å². The van der Waals surface area contributed by atoms with E-state index in [1.807, 2.05) is 0 Å². The van der Waals surface area contributed by atoms with Gasteiger partial charge in [0.2, 0.25) is 5.69 Å². The average molecular weight is 249 g/mol. The second kappa shape index (κ2) is 4.01. The van der Waals surface area contributed by atoms with Crippen LogP contribution in [0.2, 0.25) is 0 Å².